The van der Waals surface area contributed by atoms with Crippen LogP contribution in [-0.2, 0) is 0 Å². The van der Waals surface area contributed by atoms with Crippen molar-refractivity contribution in [1.29, 1.82) is 5.41 Å². The zero-order valence-corrected chi connectivity index (χ0v) is 8.37. The molecule has 0 saturated carbocycles. The zero-order chi connectivity index (χ0) is 10.8. The van der Waals surface area contributed by atoms with Crippen LogP contribution in [0, 0.1) is 5.41 Å². The Morgan fingerprint density at radius 2 is 2.13 bits per heavy atom. The number of benzene rings is 1. The SMILES string of the molecule is COc1cc(C(=N)N)cc2c1OCCO2. The third-order valence-corrected chi connectivity index (χ3v) is 2.14. The largest absolute Gasteiger partial charge is 0.493 e. The molecule has 1 heterocycles. The third kappa shape index (κ3) is 1.68. The number of ether oxygens (including phenoxy) is 3. The quantitative estimate of drug-likeness (QED) is 0.555. The molecule has 5 nitrogen and oxygen atoms in total. The summed E-state index contributed by atoms with van der Waals surface area (Å²) in [6.07, 6.45) is 0. The number of hydrogen-bond donors (Lipinski definition) is 2. The van der Waals surface area contributed by atoms with Crippen molar-refractivity contribution in [3.63, 3.8) is 0 Å². The van der Waals surface area contributed by atoms with Crippen LogP contribution in [0.4, 0.5) is 0 Å². The van der Waals surface area contributed by atoms with Gasteiger partial charge in [0.15, 0.2) is 11.5 Å². The lowest BCUT2D eigenvalue weighted by Gasteiger charge is -2.21. The zero-order valence-electron chi connectivity index (χ0n) is 8.37. The van der Waals surface area contributed by atoms with Crippen molar-refractivity contribution in [2.75, 3.05) is 20.3 Å². The number of hydrogen-bond acceptors (Lipinski definition) is 4. The number of fused-ring (bicyclic) bond motifs is 1. The standard InChI is InChI=1S/C10H12N2O3/c1-13-7-4-6(10(11)12)5-8-9(7)15-3-2-14-8/h4-5H,2-3H2,1H3,(H3,11,12). The molecule has 0 fully saturated rings. The minimum absolute atomic E-state index is 0.0229. The van der Waals surface area contributed by atoms with Crippen molar-refractivity contribution >= 4 is 5.84 Å². The molecule has 0 spiro atoms. The fourth-order valence-corrected chi connectivity index (χ4v) is 1.43. The van der Waals surface area contributed by atoms with Crippen molar-refractivity contribution in [2.45, 2.75) is 0 Å². The molecule has 0 amide bonds. The predicted molar refractivity (Wildman–Crippen MR) is 55.0 cm³/mol. The molecule has 1 aromatic carbocycles. The Kier molecular flexibility index (Phi) is 2.37. The van der Waals surface area contributed by atoms with Gasteiger partial charge in [0, 0.05) is 5.56 Å². The van der Waals surface area contributed by atoms with E-state index in [-0.39, 0.29) is 5.84 Å². The van der Waals surface area contributed by atoms with E-state index in [1.807, 2.05) is 0 Å². The van der Waals surface area contributed by atoms with Crippen LogP contribution in [0.1, 0.15) is 5.56 Å². The Bertz CT molecular complexity index is 387. The highest BCUT2D eigenvalue weighted by molar-refractivity contribution is 5.96. The Balaban J connectivity index is 2.52. The number of amidine groups is 1. The van der Waals surface area contributed by atoms with Gasteiger partial charge < -0.3 is 19.9 Å². The molecule has 0 bridgehead atoms. The lowest BCUT2D eigenvalue weighted by molar-refractivity contribution is 0.165. The Morgan fingerprint density at radius 3 is 2.80 bits per heavy atom. The summed E-state index contributed by atoms with van der Waals surface area (Å²) in [5.41, 5.74) is 5.97. The number of methoxy groups -OCH3 is 1. The minimum atomic E-state index is -0.0229. The summed E-state index contributed by atoms with van der Waals surface area (Å²) in [6, 6.07) is 3.34. The molecule has 15 heavy (non-hydrogen) atoms. The van der Waals surface area contributed by atoms with Gasteiger partial charge in [-0.05, 0) is 12.1 Å². The van der Waals surface area contributed by atoms with E-state index in [4.69, 9.17) is 25.4 Å². The maximum absolute atomic E-state index is 7.35. The summed E-state index contributed by atoms with van der Waals surface area (Å²) in [7, 11) is 1.54. The fraction of sp³-hybridized carbons (Fsp3) is 0.300. The second-order valence-electron chi connectivity index (χ2n) is 3.12. The molecule has 0 saturated heterocycles. The minimum Gasteiger partial charge on any atom is -0.493 e. The van der Waals surface area contributed by atoms with Gasteiger partial charge in [0.2, 0.25) is 5.75 Å². The van der Waals surface area contributed by atoms with Crippen LogP contribution in [0.15, 0.2) is 12.1 Å². The molecule has 3 N–H and O–H groups in total. The lowest BCUT2D eigenvalue weighted by atomic mass is 10.1. The summed E-state index contributed by atoms with van der Waals surface area (Å²) in [4.78, 5) is 0. The van der Waals surface area contributed by atoms with E-state index in [1.54, 1.807) is 12.1 Å². The molecule has 0 aliphatic carbocycles. The maximum atomic E-state index is 7.35. The Morgan fingerprint density at radius 1 is 1.40 bits per heavy atom. The van der Waals surface area contributed by atoms with Gasteiger partial charge in [-0.2, -0.15) is 0 Å². The van der Waals surface area contributed by atoms with Gasteiger partial charge >= 0.3 is 0 Å². The van der Waals surface area contributed by atoms with Crippen molar-refractivity contribution in [1.82, 2.24) is 0 Å². The van der Waals surface area contributed by atoms with Crippen LogP contribution in [0.2, 0.25) is 0 Å². The molecular formula is C10H12N2O3. The molecule has 0 atom stereocenters. The van der Waals surface area contributed by atoms with Crippen molar-refractivity contribution in [2.24, 2.45) is 5.73 Å². The van der Waals surface area contributed by atoms with E-state index >= 15 is 0 Å². The summed E-state index contributed by atoms with van der Waals surface area (Å²) in [5, 5.41) is 7.35. The molecule has 1 aromatic rings. The van der Waals surface area contributed by atoms with E-state index in [0.29, 0.717) is 36.0 Å². The second kappa shape index (κ2) is 3.68. The Labute approximate surface area is 87.3 Å². The van der Waals surface area contributed by atoms with E-state index < -0.39 is 0 Å². The van der Waals surface area contributed by atoms with Gasteiger partial charge in [0.25, 0.3) is 0 Å². The van der Waals surface area contributed by atoms with Crippen molar-refractivity contribution in [3.05, 3.63) is 17.7 Å². The average Bonchev–Trinajstić information content (AvgIpc) is 2.27. The summed E-state index contributed by atoms with van der Waals surface area (Å²) < 4.78 is 16.0. The molecular weight excluding hydrogens is 196 g/mol. The van der Waals surface area contributed by atoms with Crippen molar-refractivity contribution < 1.29 is 14.2 Å². The molecule has 1 aliphatic rings. The normalized spacial score (nSPS) is 13.4. The first-order valence-electron chi connectivity index (χ1n) is 4.54. The topological polar surface area (TPSA) is 77.6 Å². The second-order valence-corrected chi connectivity index (χ2v) is 3.12. The third-order valence-electron chi connectivity index (χ3n) is 2.14. The Hall–Kier alpha value is -1.91. The van der Waals surface area contributed by atoms with E-state index in [9.17, 15) is 0 Å². The highest BCUT2D eigenvalue weighted by Crippen LogP contribution is 2.40. The molecule has 1 aliphatic heterocycles. The molecule has 0 aromatic heterocycles. The molecule has 0 radical (unpaired) electrons. The number of nitrogens with two attached hydrogens (primary N) is 1. The maximum Gasteiger partial charge on any atom is 0.203 e. The van der Waals surface area contributed by atoms with Crippen LogP contribution in [0.3, 0.4) is 0 Å². The van der Waals surface area contributed by atoms with Crippen LogP contribution >= 0.6 is 0 Å². The highest BCUT2D eigenvalue weighted by Gasteiger charge is 2.18. The van der Waals surface area contributed by atoms with E-state index in [0.717, 1.165) is 0 Å². The summed E-state index contributed by atoms with van der Waals surface area (Å²) in [6.45, 7) is 1.00. The van der Waals surface area contributed by atoms with Crippen molar-refractivity contribution in [3.8, 4) is 17.2 Å². The summed E-state index contributed by atoms with van der Waals surface area (Å²) in [5.74, 6) is 1.67. The fourth-order valence-electron chi connectivity index (χ4n) is 1.43. The first-order valence-corrected chi connectivity index (χ1v) is 4.54. The molecule has 80 valence electrons. The smallest absolute Gasteiger partial charge is 0.203 e. The van der Waals surface area contributed by atoms with Gasteiger partial charge in [-0.25, -0.2) is 0 Å². The average molecular weight is 208 g/mol. The van der Waals surface area contributed by atoms with Crippen LogP contribution in [0.25, 0.3) is 0 Å². The number of rotatable bonds is 2. The van der Waals surface area contributed by atoms with Crippen LogP contribution in [-0.4, -0.2) is 26.2 Å². The van der Waals surface area contributed by atoms with E-state index in [1.165, 1.54) is 7.11 Å². The summed E-state index contributed by atoms with van der Waals surface area (Å²) >= 11 is 0. The number of nitrogen functional groups attached to an aromatic ring is 1. The first kappa shape index (κ1) is 9.64. The van der Waals surface area contributed by atoms with Crippen LogP contribution in [0.5, 0.6) is 17.2 Å². The first-order chi connectivity index (χ1) is 7.22. The predicted octanol–water partition coefficient (Wildman–Crippen LogP) is 0.750. The van der Waals surface area contributed by atoms with Gasteiger partial charge in [-0.15, -0.1) is 0 Å². The van der Waals surface area contributed by atoms with Gasteiger partial charge in [-0.1, -0.05) is 0 Å². The molecule has 2 rings (SSSR count). The van der Waals surface area contributed by atoms with Gasteiger partial charge in [0.1, 0.15) is 19.0 Å². The highest BCUT2D eigenvalue weighted by atomic mass is 16.6. The molecule has 0 unspecified atom stereocenters. The number of nitrogens with one attached hydrogen (secondary N) is 1. The van der Waals surface area contributed by atoms with E-state index in [2.05, 4.69) is 0 Å². The lowest BCUT2D eigenvalue weighted by Crippen LogP contribution is -2.18. The molecule has 5 heteroatoms. The monoisotopic (exact) mass is 208 g/mol. The van der Waals surface area contributed by atoms with Gasteiger partial charge in [0.05, 0.1) is 7.11 Å². The van der Waals surface area contributed by atoms with Gasteiger partial charge in [-0.3, -0.25) is 5.41 Å². The van der Waals surface area contributed by atoms with Crippen LogP contribution < -0.4 is 19.9 Å².